The van der Waals surface area contributed by atoms with Crippen molar-refractivity contribution in [1.29, 1.82) is 0 Å². The Hall–Kier alpha value is -0.0800. The molecule has 1 aliphatic heterocycles. The highest BCUT2D eigenvalue weighted by molar-refractivity contribution is 4.90. The van der Waals surface area contributed by atoms with Gasteiger partial charge in [0.1, 0.15) is 0 Å². The summed E-state index contributed by atoms with van der Waals surface area (Å²) in [7, 11) is 0. The maximum Gasteiger partial charge on any atom is 0.0810 e. The third-order valence-corrected chi connectivity index (χ3v) is 3.09. The van der Waals surface area contributed by atoms with Crippen LogP contribution in [0.5, 0.6) is 0 Å². The minimum absolute atomic E-state index is 0.218. The molecule has 0 aromatic heterocycles. The van der Waals surface area contributed by atoms with Gasteiger partial charge in [0.05, 0.1) is 11.7 Å². The van der Waals surface area contributed by atoms with Gasteiger partial charge in [-0.3, -0.25) is 0 Å². The molecular formula is C10H19NO. The van der Waals surface area contributed by atoms with Crippen LogP contribution >= 0.6 is 0 Å². The number of hydrogen-bond donors (Lipinski definition) is 1. The average Bonchev–Trinajstić information content (AvgIpc) is 2.05. The molecule has 1 heterocycles. The molecule has 1 atom stereocenters. The smallest absolute Gasteiger partial charge is 0.0810 e. The van der Waals surface area contributed by atoms with Gasteiger partial charge in [-0.05, 0) is 19.8 Å². The van der Waals surface area contributed by atoms with Crippen LogP contribution in [0.4, 0.5) is 0 Å². The molecule has 1 spiro atoms. The van der Waals surface area contributed by atoms with E-state index in [9.17, 15) is 0 Å². The van der Waals surface area contributed by atoms with Crippen LogP contribution in [0.25, 0.3) is 0 Å². The topological polar surface area (TPSA) is 21.3 Å². The lowest BCUT2D eigenvalue weighted by molar-refractivity contribution is -0.126. The van der Waals surface area contributed by atoms with Gasteiger partial charge in [0.25, 0.3) is 0 Å². The van der Waals surface area contributed by atoms with Crippen molar-refractivity contribution in [2.45, 2.75) is 50.7 Å². The van der Waals surface area contributed by atoms with Crippen molar-refractivity contribution in [2.75, 3.05) is 13.1 Å². The molecule has 1 saturated carbocycles. The number of hydrogen-bond acceptors (Lipinski definition) is 2. The van der Waals surface area contributed by atoms with Crippen molar-refractivity contribution < 1.29 is 4.74 Å². The van der Waals surface area contributed by atoms with Crippen molar-refractivity contribution >= 4 is 0 Å². The summed E-state index contributed by atoms with van der Waals surface area (Å²) in [4.78, 5) is 0. The average molecular weight is 169 g/mol. The minimum Gasteiger partial charge on any atom is -0.369 e. The molecule has 1 saturated heterocycles. The molecule has 70 valence electrons. The summed E-state index contributed by atoms with van der Waals surface area (Å²) in [5, 5.41) is 3.47. The quantitative estimate of drug-likeness (QED) is 0.596. The highest BCUT2D eigenvalue weighted by Crippen LogP contribution is 2.33. The van der Waals surface area contributed by atoms with Crippen molar-refractivity contribution in [3.8, 4) is 0 Å². The molecule has 0 aromatic carbocycles. The summed E-state index contributed by atoms with van der Waals surface area (Å²) in [5.74, 6) is 0. The van der Waals surface area contributed by atoms with Crippen LogP contribution in [0, 0.1) is 0 Å². The fourth-order valence-corrected chi connectivity index (χ4v) is 2.50. The standard InChI is InChI=1S/C10H19NO/c1-9-7-11-8-10(12-9)5-3-2-4-6-10/h9,11H,2-8H2,1H3. The van der Waals surface area contributed by atoms with Crippen LogP contribution in [-0.2, 0) is 4.74 Å². The van der Waals surface area contributed by atoms with Crippen molar-refractivity contribution in [1.82, 2.24) is 5.32 Å². The van der Waals surface area contributed by atoms with Crippen LogP contribution in [-0.4, -0.2) is 24.8 Å². The predicted molar refractivity (Wildman–Crippen MR) is 49.2 cm³/mol. The van der Waals surface area contributed by atoms with Gasteiger partial charge in [-0.1, -0.05) is 19.3 Å². The molecule has 2 heteroatoms. The van der Waals surface area contributed by atoms with Crippen LogP contribution in [0.2, 0.25) is 0 Å². The SMILES string of the molecule is CC1CNCC2(CCCCC2)O1. The lowest BCUT2D eigenvalue weighted by Crippen LogP contribution is -2.53. The molecule has 0 bridgehead atoms. The first-order valence-electron chi connectivity index (χ1n) is 5.19. The Kier molecular flexibility index (Phi) is 2.37. The van der Waals surface area contributed by atoms with Crippen LogP contribution in [0.1, 0.15) is 39.0 Å². The van der Waals surface area contributed by atoms with Gasteiger partial charge < -0.3 is 10.1 Å². The Balaban J connectivity index is 1.97. The molecule has 0 radical (unpaired) electrons. The molecule has 1 unspecified atom stereocenters. The molecule has 0 aromatic rings. The monoisotopic (exact) mass is 169 g/mol. The van der Waals surface area contributed by atoms with Gasteiger partial charge >= 0.3 is 0 Å². The first kappa shape index (κ1) is 8.52. The fraction of sp³-hybridized carbons (Fsp3) is 1.00. The van der Waals surface area contributed by atoms with E-state index in [0.717, 1.165) is 13.1 Å². The summed E-state index contributed by atoms with van der Waals surface area (Å²) in [6, 6.07) is 0. The van der Waals surface area contributed by atoms with E-state index in [1.807, 2.05) is 0 Å². The summed E-state index contributed by atoms with van der Waals surface area (Å²) < 4.78 is 6.05. The van der Waals surface area contributed by atoms with Gasteiger partial charge in [0, 0.05) is 13.1 Å². The van der Waals surface area contributed by atoms with Crippen molar-refractivity contribution in [3.05, 3.63) is 0 Å². The van der Waals surface area contributed by atoms with Gasteiger partial charge in [-0.15, -0.1) is 0 Å². The summed E-state index contributed by atoms with van der Waals surface area (Å²) in [5.41, 5.74) is 0.218. The third-order valence-electron chi connectivity index (χ3n) is 3.09. The number of nitrogens with one attached hydrogen (secondary N) is 1. The molecular weight excluding hydrogens is 150 g/mol. The zero-order valence-electron chi connectivity index (χ0n) is 7.94. The maximum absolute atomic E-state index is 6.05. The van der Waals surface area contributed by atoms with E-state index >= 15 is 0 Å². The Bertz CT molecular complexity index is 146. The second kappa shape index (κ2) is 3.35. The van der Waals surface area contributed by atoms with E-state index in [1.165, 1.54) is 32.1 Å². The lowest BCUT2D eigenvalue weighted by Gasteiger charge is -2.43. The first-order valence-corrected chi connectivity index (χ1v) is 5.19. The van der Waals surface area contributed by atoms with Gasteiger partial charge in [0.2, 0.25) is 0 Å². The Morgan fingerprint density at radius 2 is 2.00 bits per heavy atom. The molecule has 2 nitrogen and oxygen atoms in total. The molecule has 2 rings (SSSR count). The van der Waals surface area contributed by atoms with E-state index in [-0.39, 0.29) is 5.60 Å². The van der Waals surface area contributed by atoms with E-state index in [0.29, 0.717) is 6.10 Å². The zero-order chi connectivity index (χ0) is 8.44. The molecule has 1 N–H and O–H groups in total. The van der Waals surface area contributed by atoms with E-state index < -0.39 is 0 Å². The van der Waals surface area contributed by atoms with Crippen molar-refractivity contribution in [3.63, 3.8) is 0 Å². The third kappa shape index (κ3) is 1.64. The zero-order valence-corrected chi connectivity index (χ0v) is 7.94. The van der Waals surface area contributed by atoms with Crippen molar-refractivity contribution in [2.24, 2.45) is 0 Å². The minimum atomic E-state index is 0.218. The van der Waals surface area contributed by atoms with Crippen LogP contribution < -0.4 is 5.32 Å². The summed E-state index contributed by atoms with van der Waals surface area (Å²) in [6.07, 6.45) is 7.06. The predicted octanol–water partition coefficient (Wildman–Crippen LogP) is 1.70. The number of ether oxygens (including phenoxy) is 1. The summed E-state index contributed by atoms with van der Waals surface area (Å²) in [6.45, 7) is 4.28. The maximum atomic E-state index is 6.05. The molecule has 2 aliphatic rings. The number of morpholine rings is 1. The van der Waals surface area contributed by atoms with Crippen LogP contribution in [0.3, 0.4) is 0 Å². The normalized spacial score (nSPS) is 35.2. The van der Waals surface area contributed by atoms with E-state index in [4.69, 9.17) is 4.74 Å². The Morgan fingerprint density at radius 1 is 1.25 bits per heavy atom. The van der Waals surface area contributed by atoms with Gasteiger partial charge in [-0.25, -0.2) is 0 Å². The highest BCUT2D eigenvalue weighted by atomic mass is 16.5. The van der Waals surface area contributed by atoms with Gasteiger partial charge in [0.15, 0.2) is 0 Å². The Labute approximate surface area is 74.7 Å². The molecule has 0 amide bonds. The van der Waals surface area contributed by atoms with Crippen LogP contribution in [0.15, 0.2) is 0 Å². The van der Waals surface area contributed by atoms with E-state index in [1.54, 1.807) is 0 Å². The molecule has 12 heavy (non-hydrogen) atoms. The fourth-order valence-electron chi connectivity index (χ4n) is 2.50. The second-order valence-corrected chi connectivity index (χ2v) is 4.30. The molecule has 1 aliphatic carbocycles. The number of rotatable bonds is 0. The summed E-state index contributed by atoms with van der Waals surface area (Å²) >= 11 is 0. The second-order valence-electron chi connectivity index (χ2n) is 4.30. The lowest BCUT2D eigenvalue weighted by atomic mass is 9.83. The van der Waals surface area contributed by atoms with E-state index in [2.05, 4.69) is 12.2 Å². The first-order chi connectivity index (χ1) is 5.81. The highest BCUT2D eigenvalue weighted by Gasteiger charge is 2.36. The van der Waals surface area contributed by atoms with Gasteiger partial charge in [-0.2, -0.15) is 0 Å². The molecule has 2 fully saturated rings. The Morgan fingerprint density at radius 3 is 2.67 bits per heavy atom. The largest absolute Gasteiger partial charge is 0.369 e.